The molecule has 28 heavy (non-hydrogen) atoms. The van der Waals surface area contributed by atoms with Crippen LogP contribution in [-0.2, 0) is 13.1 Å². The largest absolute Gasteiger partial charge is 0.444 e. The fourth-order valence-corrected chi connectivity index (χ4v) is 2.59. The third kappa shape index (κ3) is 5.98. The summed E-state index contributed by atoms with van der Waals surface area (Å²) in [5, 5.41) is 6.57. The summed E-state index contributed by atoms with van der Waals surface area (Å²) < 4.78 is 5.56. The molecule has 6 nitrogen and oxygen atoms in total. The number of rotatable bonds is 6. The van der Waals surface area contributed by atoms with Crippen LogP contribution in [0.3, 0.4) is 0 Å². The lowest BCUT2D eigenvalue weighted by Gasteiger charge is -2.14. The average molecular weight is 491 g/mol. The molecule has 3 aromatic rings. The minimum absolute atomic E-state index is 0. The van der Waals surface area contributed by atoms with Gasteiger partial charge in [-0.1, -0.05) is 30.3 Å². The van der Waals surface area contributed by atoms with Crippen molar-refractivity contribution in [2.45, 2.75) is 13.1 Å². The smallest absolute Gasteiger partial charge is 0.226 e. The van der Waals surface area contributed by atoms with Crippen molar-refractivity contribution in [2.75, 3.05) is 26.0 Å². The van der Waals surface area contributed by atoms with Gasteiger partial charge in [-0.3, -0.25) is 4.99 Å². The van der Waals surface area contributed by atoms with Crippen LogP contribution in [0.25, 0.3) is 11.5 Å². The van der Waals surface area contributed by atoms with Crippen LogP contribution in [-0.4, -0.2) is 32.1 Å². The molecule has 0 unspecified atom stereocenters. The Morgan fingerprint density at radius 3 is 2.32 bits per heavy atom. The highest BCUT2D eigenvalue weighted by molar-refractivity contribution is 14.0. The number of guanidine groups is 1. The van der Waals surface area contributed by atoms with Gasteiger partial charge in [0.1, 0.15) is 6.26 Å². The van der Waals surface area contributed by atoms with Gasteiger partial charge in [0, 0.05) is 38.9 Å². The summed E-state index contributed by atoms with van der Waals surface area (Å²) in [5.41, 5.74) is 4.16. The molecule has 3 rings (SSSR count). The number of anilines is 1. The van der Waals surface area contributed by atoms with Gasteiger partial charge in [-0.25, -0.2) is 4.98 Å². The van der Waals surface area contributed by atoms with E-state index in [2.05, 4.69) is 49.8 Å². The summed E-state index contributed by atoms with van der Waals surface area (Å²) in [5.74, 6) is 1.34. The molecule has 1 aromatic heterocycles. The number of hydrogen-bond donors (Lipinski definition) is 2. The molecule has 0 saturated heterocycles. The summed E-state index contributed by atoms with van der Waals surface area (Å²) in [4.78, 5) is 10.9. The molecule has 0 fully saturated rings. The van der Waals surface area contributed by atoms with Crippen molar-refractivity contribution in [1.82, 2.24) is 15.6 Å². The van der Waals surface area contributed by atoms with Gasteiger partial charge >= 0.3 is 0 Å². The number of nitrogens with one attached hydrogen (secondary N) is 2. The molecule has 148 valence electrons. The summed E-state index contributed by atoms with van der Waals surface area (Å²) in [6, 6.07) is 18.3. The second-order valence-electron chi connectivity index (χ2n) is 6.35. The van der Waals surface area contributed by atoms with E-state index in [1.165, 1.54) is 11.3 Å². The van der Waals surface area contributed by atoms with Gasteiger partial charge in [-0.2, -0.15) is 0 Å². The first-order chi connectivity index (χ1) is 13.2. The molecule has 1 heterocycles. The Morgan fingerprint density at radius 1 is 1.00 bits per heavy atom. The van der Waals surface area contributed by atoms with Gasteiger partial charge in [0.2, 0.25) is 5.89 Å². The van der Waals surface area contributed by atoms with E-state index in [0.717, 1.165) is 17.2 Å². The lowest BCUT2D eigenvalue weighted by atomic mass is 10.2. The molecule has 0 amide bonds. The molecule has 0 spiro atoms. The maximum Gasteiger partial charge on any atom is 0.226 e. The van der Waals surface area contributed by atoms with Gasteiger partial charge in [0.15, 0.2) is 5.96 Å². The third-order valence-electron chi connectivity index (χ3n) is 4.15. The molecule has 2 aromatic carbocycles. The van der Waals surface area contributed by atoms with Crippen molar-refractivity contribution in [1.29, 1.82) is 0 Å². The molecular weight excluding hydrogens is 465 g/mol. The molecule has 0 atom stereocenters. The topological polar surface area (TPSA) is 65.7 Å². The van der Waals surface area contributed by atoms with Crippen LogP contribution in [0, 0.1) is 0 Å². The van der Waals surface area contributed by atoms with Gasteiger partial charge < -0.3 is 20.0 Å². The van der Waals surface area contributed by atoms with Crippen LogP contribution in [0.1, 0.15) is 11.3 Å². The standard InChI is InChI=1S/C21H25N5O.HI/c1-22-21(23-13-16-9-11-19(12-10-16)26(2)3)24-14-18-15-27-20(25-18)17-7-5-4-6-8-17;/h4-12,15H,13-14H2,1-3H3,(H2,22,23,24);1H. The number of benzene rings is 2. The summed E-state index contributed by atoms with van der Waals surface area (Å²) in [6.45, 7) is 1.23. The predicted octanol–water partition coefficient (Wildman–Crippen LogP) is 3.89. The normalized spacial score (nSPS) is 10.9. The Morgan fingerprint density at radius 2 is 1.68 bits per heavy atom. The molecule has 7 heteroatoms. The maximum absolute atomic E-state index is 5.56. The number of aliphatic imine (C=N–C) groups is 1. The summed E-state index contributed by atoms with van der Waals surface area (Å²) in [7, 11) is 5.82. The third-order valence-corrected chi connectivity index (χ3v) is 4.15. The first-order valence-electron chi connectivity index (χ1n) is 8.86. The van der Waals surface area contributed by atoms with Gasteiger partial charge in [-0.05, 0) is 29.8 Å². The average Bonchev–Trinajstić information content (AvgIpc) is 3.18. The van der Waals surface area contributed by atoms with E-state index in [-0.39, 0.29) is 24.0 Å². The second-order valence-corrected chi connectivity index (χ2v) is 6.35. The second kappa shape index (κ2) is 10.7. The molecule has 2 N–H and O–H groups in total. The molecule has 0 aliphatic rings. The van der Waals surface area contributed by atoms with E-state index in [1.807, 2.05) is 44.4 Å². The Bertz CT molecular complexity index is 875. The van der Waals surface area contributed by atoms with E-state index in [0.29, 0.717) is 19.0 Å². The van der Waals surface area contributed by atoms with Crippen molar-refractivity contribution < 1.29 is 4.42 Å². The molecule has 0 aliphatic carbocycles. The van der Waals surface area contributed by atoms with E-state index >= 15 is 0 Å². The van der Waals surface area contributed by atoms with Gasteiger partial charge in [0.05, 0.1) is 12.2 Å². The van der Waals surface area contributed by atoms with Crippen molar-refractivity contribution in [3.05, 3.63) is 72.1 Å². The Hall–Kier alpha value is -2.55. The van der Waals surface area contributed by atoms with Crippen molar-refractivity contribution in [2.24, 2.45) is 4.99 Å². The number of hydrogen-bond acceptors (Lipinski definition) is 4. The molecular formula is C21H26IN5O. The highest BCUT2D eigenvalue weighted by Gasteiger charge is 2.07. The van der Waals surface area contributed by atoms with Crippen LogP contribution >= 0.6 is 24.0 Å². The number of oxazole rings is 1. The molecule has 0 saturated carbocycles. The minimum atomic E-state index is 0. The highest BCUT2D eigenvalue weighted by atomic mass is 127. The van der Waals surface area contributed by atoms with E-state index < -0.39 is 0 Å². The van der Waals surface area contributed by atoms with Crippen molar-refractivity contribution in [3.8, 4) is 11.5 Å². The first kappa shape index (κ1) is 21.7. The summed E-state index contributed by atoms with van der Waals surface area (Å²) in [6.07, 6.45) is 1.67. The lowest BCUT2D eigenvalue weighted by Crippen LogP contribution is -2.36. The Balaban J connectivity index is 0.00000280. The number of aromatic nitrogens is 1. The zero-order valence-electron chi connectivity index (χ0n) is 16.3. The van der Waals surface area contributed by atoms with E-state index in [9.17, 15) is 0 Å². The molecule has 0 bridgehead atoms. The van der Waals surface area contributed by atoms with Crippen LogP contribution in [0.2, 0.25) is 0 Å². The first-order valence-corrected chi connectivity index (χ1v) is 8.86. The van der Waals surface area contributed by atoms with Gasteiger partial charge in [0.25, 0.3) is 0 Å². The molecule has 0 aliphatic heterocycles. The van der Waals surface area contributed by atoms with Crippen LogP contribution in [0.5, 0.6) is 0 Å². The Labute approximate surface area is 183 Å². The fraction of sp³-hybridized carbons (Fsp3) is 0.238. The van der Waals surface area contributed by atoms with Gasteiger partial charge in [-0.15, -0.1) is 24.0 Å². The quantitative estimate of drug-likeness (QED) is 0.311. The monoisotopic (exact) mass is 491 g/mol. The fourth-order valence-electron chi connectivity index (χ4n) is 2.59. The van der Waals surface area contributed by atoms with Crippen LogP contribution < -0.4 is 15.5 Å². The van der Waals surface area contributed by atoms with Crippen molar-refractivity contribution in [3.63, 3.8) is 0 Å². The Kier molecular flexibility index (Phi) is 8.31. The lowest BCUT2D eigenvalue weighted by molar-refractivity contribution is 0.572. The highest BCUT2D eigenvalue weighted by Crippen LogP contribution is 2.17. The molecule has 0 radical (unpaired) electrons. The van der Waals surface area contributed by atoms with Crippen LogP contribution in [0.4, 0.5) is 5.69 Å². The minimum Gasteiger partial charge on any atom is -0.444 e. The zero-order chi connectivity index (χ0) is 19.1. The predicted molar refractivity (Wildman–Crippen MR) is 125 cm³/mol. The number of nitrogens with zero attached hydrogens (tertiary/aromatic N) is 3. The van der Waals surface area contributed by atoms with E-state index in [1.54, 1.807) is 13.3 Å². The summed E-state index contributed by atoms with van der Waals surface area (Å²) >= 11 is 0. The van der Waals surface area contributed by atoms with E-state index in [4.69, 9.17) is 4.42 Å². The SMILES string of the molecule is CN=C(NCc1ccc(N(C)C)cc1)NCc1coc(-c2ccccc2)n1.I. The van der Waals surface area contributed by atoms with Crippen molar-refractivity contribution >= 4 is 35.6 Å². The maximum atomic E-state index is 5.56. The zero-order valence-corrected chi connectivity index (χ0v) is 18.7. The van der Waals surface area contributed by atoms with Crippen LogP contribution in [0.15, 0.2) is 70.3 Å². The number of halogens is 1.